The highest BCUT2D eigenvalue weighted by Crippen LogP contribution is 1.40. The first-order valence-electron chi connectivity index (χ1n) is 2.87. The Morgan fingerprint density at radius 3 is 0.250 bits per heavy atom. The van der Waals surface area contributed by atoms with Crippen LogP contribution in [0, 0.1) is 64.7 Å². The molecule has 0 aromatic carbocycles. The molecule has 0 atom stereocenters. The van der Waals surface area contributed by atoms with Crippen molar-refractivity contribution in [2.75, 3.05) is 0 Å². The van der Waals surface area contributed by atoms with Crippen LogP contribution in [0.4, 0.5) is 0 Å². The maximum absolute atomic E-state index is 8.52. The minimum Gasteiger partial charge on any atom is -0.321 e. The molecule has 0 heterocycles. The zero-order chi connectivity index (χ0) is 21.5. The Balaban J connectivity index is -0.0000000405. The fourth-order valence-electron chi connectivity index (χ4n) is 0. The van der Waals surface area contributed by atoms with Crippen LogP contribution < -0.4 is 55.9 Å². The van der Waals surface area contributed by atoms with Gasteiger partial charge in [0.1, 0.15) is 0 Å². The summed E-state index contributed by atoms with van der Waals surface area (Å²) >= 11 is 0. The predicted molar refractivity (Wildman–Crippen MR) is 13.3 cm³/mol. The first kappa shape index (κ1) is 39.9. The van der Waals surface area contributed by atoms with Crippen molar-refractivity contribution < 1.29 is 149 Å². The lowest BCUT2D eigenvalue weighted by molar-refractivity contribution is -1.63. The highest BCUT2D eigenvalue weighted by Gasteiger charge is 1.81. The molecule has 156 valence electrons. The molecule has 0 saturated carbocycles. The van der Waals surface area contributed by atoms with E-state index >= 15 is 0 Å². The average Bonchev–Trinajstić information content (AvgIpc) is 2.08. The number of rotatable bonds is 0. The topological polar surface area (TPSA) is 398 Å². The van der Waals surface area contributed by atoms with Crippen LogP contribution in [0.3, 0.4) is 0 Å². The smallest absolute Gasteiger partial charge is 0.282 e. The maximum atomic E-state index is 8.52. The summed E-state index contributed by atoms with van der Waals surface area (Å²) in [5.74, 6) is 0. The third kappa shape index (κ3) is 10700. The van der Waals surface area contributed by atoms with E-state index in [2.05, 4.69) is 0 Å². The number of halogens is 6. The molecule has 0 aliphatic rings. The Morgan fingerprint density at radius 2 is 0.250 bits per heavy atom. The Hall–Kier alpha value is 1.02. The molecular weight excluding hydrogens is 501 g/mol. The van der Waals surface area contributed by atoms with E-state index in [9.17, 15) is 0 Å². The number of hydrogen-bond acceptors (Lipinski definition) is 18. The van der Waals surface area contributed by atoms with E-state index in [1.807, 2.05) is 0 Å². The highest BCUT2D eigenvalue weighted by atomic mass is 35.6. The monoisotopic (exact) mass is 504 g/mol. The second kappa shape index (κ2) is 35.2. The summed E-state index contributed by atoms with van der Waals surface area (Å²) in [5, 5.41) is 0. The van der Waals surface area contributed by atoms with Crippen molar-refractivity contribution in [1.82, 2.24) is 0 Å². The zero-order valence-corrected chi connectivity index (χ0v) is 14.4. The van der Waals surface area contributed by atoms with E-state index in [1.165, 1.54) is 0 Å². The predicted octanol–water partition coefficient (Wildman–Crippen LogP) is -17.6. The molecule has 24 heteroatoms. The maximum Gasteiger partial charge on any atom is 0.282 e. The lowest BCUT2D eigenvalue weighted by atomic mass is 15.8. The van der Waals surface area contributed by atoms with Gasteiger partial charge in [-0.05, 0) is 0 Å². The molecule has 0 amide bonds. The van der Waals surface area contributed by atoms with Crippen LogP contribution in [0.5, 0.6) is 0 Å². The van der Waals surface area contributed by atoms with Gasteiger partial charge < -0.3 is 55.9 Å². The molecule has 0 aliphatic carbocycles. The van der Waals surface area contributed by atoms with Gasteiger partial charge in [0.15, 0.2) is 0 Å². The largest absolute Gasteiger partial charge is 0.321 e. The van der Waals surface area contributed by atoms with Crippen molar-refractivity contribution in [2.24, 2.45) is 0 Å². The molecule has 0 unspecified atom stereocenters. The quantitative estimate of drug-likeness (QED) is 0.177. The normalized spacial score (nSPS) is 9.00. The molecule has 0 spiro atoms. The van der Waals surface area contributed by atoms with Crippen LogP contribution in [-0.2, 0) is 0 Å². The van der Waals surface area contributed by atoms with Gasteiger partial charge in [-0.15, -0.1) is 0 Å². The molecule has 0 aromatic rings. The molecule has 0 bridgehead atoms. The SMILES string of the molecule is [O-][Cl+2]([O-])O.[O-][Cl+2]([O-])O.[O-][Cl+2]([O-])O.[O-][Cl+2]([O-])O.[O-][Cl+2]([O-])O.[O-][Cl+2]([O-])O. The summed E-state index contributed by atoms with van der Waals surface area (Å²) in [6.45, 7) is 0. The van der Waals surface area contributed by atoms with Crippen LogP contribution in [-0.4, -0.2) is 28.0 Å². The summed E-state index contributed by atoms with van der Waals surface area (Å²) in [5.41, 5.74) is 0. The Labute approximate surface area is 148 Å². The fourth-order valence-corrected chi connectivity index (χ4v) is 0. The third-order valence-electron chi connectivity index (χ3n) is 0. The summed E-state index contributed by atoms with van der Waals surface area (Å²) < 4.78 is 144. The second-order valence-electron chi connectivity index (χ2n) is 1.21. The van der Waals surface area contributed by atoms with Crippen molar-refractivity contribution >= 4 is 0 Å². The number of hydrogen-bond donors (Lipinski definition) is 6. The van der Waals surface area contributed by atoms with Crippen molar-refractivity contribution in [1.29, 1.82) is 0 Å². The van der Waals surface area contributed by atoms with Crippen LogP contribution in [0.25, 0.3) is 0 Å². The van der Waals surface area contributed by atoms with Gasteiger partial charge in [-0.2, -0.15) is 0 Å². The minimum absolute atomic E-state index is 2.60. The Kier molecular flexibility index (Phi) is 58.5. The fraction of sp³-hybridized carbons (Fsp3) is 0. The summed E-state index contributed by atoms with van der Waals surface area (Å²) in [4.78, 5) is 0. The van der Waals surface area contributed by atoms with Crippen molar-refractivity contribution in [3.05, 3.63) is 0 Å². The van der Waals surface area contributed by atoms with E-state index in [1.54, 1.807) is 0 Å². The molecule has 6 N–H and O–H groups in total. The highest BCUT2D eigenvalue weighted by molar-refractivity contribution is 1.95. The summed E-state index contributed by atoms with van der Waals surface area (Å²) in [7, 11) is -15.6. The zero-order valence-electron chi connectivity index (χ0n) is 9.85. The van der Waals surface area contributed by atoms with Crippen LogP contribution in [0.1, 0.15) is 0 Å². The molecule has 0 saturated heterocycles. The van der Waals surface area contributed by atoms with Crippen molar-refractivity contribution in [3.63, 3.8) is 0 Å². The standard InChI is InChI=1S/6ClHO3/c6*2-1(3)4/h6*2H. The van der Waals surface area contributed by atoms with E-state index in [4.69, 9.17) is 83.9 Å². The minimum atomic E-state index is -2.60. The van der Waals surface area contributed by atoms with Gasteiger partial charge in [-0.1, -0.05) is 0 Å². The van der Waals surface area contributed by atoms with Gasteiger partial charge in [-0.3, -0.25) is 0 Å². The Bertz CT molecular complexity index is 94.5. The molecular formula is H6Cl6O18. The van der Waals surface area contributed by atoms with Crippen LogP contribution in [0.15, 0.2) is 0 Å². The van der Waals surface area contributed by atoms with E-state index in [-0.39, 0.29) is 0 Å². The first-order valence-corrected chi connectivity index (χ1v) is 8.60. The first-order chi connectivity index (χ1) is 10.4. The van der Waals surface area contributed by atoms with E-state index < -0.39 is 64.7 Å². The summed E-state index contributed by atoms with van der Waals surface area (Å²) in [6.07, 6.45) is 0. The molecule has 18 nitrogen and oxygen atoms in total. The van der Waals surface area contributed by atoms with Gasteiger partial charge >= 0.3 is 0 Å². The molecule has 24 heavy (non-hydrogen) atoms. The van der Waals surface area contributed by atoms with Crippen molar-refractivity contribution in [2.45, 2.75) is 0 Å². The molecule has 0 radical (unpaired) electrons. The lowest BCUT2D eigenvalue weighted by Crippen LogP contribution is -2.30. The molecule has 0 aromatic heterocycles. The second-order valence-corrected chi connectivity index (χ2v) is 3.62. The van der Waals surface area contributed by atoms with Crippen LogP contribution >= 0.6 is 0 Å². The summed E-state index contributed by atoms with van der Waals surface area (Å²) in [6, 6.07) is 0. The Morgan fingerprint density at radius 1 is 0.250 bits per heavy atom. The molecule has 0 fully saturated rings. The van der Waals surface area contributed by atoms with Gasteiger partial charge in [0.05, 0.1) is 0 Å². The van der Waals surface area contributed by atoms with Gasteiger partial charge in [0.25, 0.3) is 64.7 Å². The average molecular weight is 507 g/mol. The van der Waals surface area contributed by atoms with Gasteiger partial charge in [0, 0.05) is 28.0 Å². The van der Waals surface area contributed by atoms with E-state index in [0.717, 1.165) is 0 Å². The van der Waals surface area contributed by atoms with Crippen molar-refractivity contribution in [3.8, 4) is 0 Å². The third-order valence-corrected chi connectivity index (χ3v) is 0. The van der Waals surface area contributed by atoms with Crippen LogP contribution in [0.2, 0.25) is 0 Å². The molecule has 0 aliphatic heterocycles. The van der Waals surface area contributed by atoms with Gasteiger partial charge in [0.2, 0.25) is 0 Å². The van der Waals surface area contributed by atoms with E-state index in [0.29, 0.717) is 0 Å². The lowest BCUT2D eigenvalue weighted by Gasteiger charge is -1.72. The van der Waals surface area contributed by atoms with Gasteiger partial charge in [-0.25, -0.2) is 0 Å². The molecule has 0 rings (SSSR count).